The van der Waals surface area contributed by atoms with Crippen LogP contribution in [0, 0.1) is 11.3 Å². The molecule has 25 heavy (non-hydrogen) atoms. The lowest BCUT2D eigenvalue weighted by molar-refractivity contribution is 0.0551. The number of amides is 1. The summed E-state index contributed by atoms with van der Waals surface area (Å²) in [4.78, 5) is 19.2. The third-order valence-electron chi connectivity index (χ3n) is 4.42. The van der Waals surface area contributed by atoms with E-state index in [-0.39, 0.29) is 11.9 Å². The fraction of sp³-hybridized carbons (Fsp3) is 0.529. The average molecular weight is 343 g/mol. The van der Waals surface area contributed by atoms with Crippen molar-refractivity contribution in [1.29, 1.82) is 5.26 Å². The number of likely N-dealkylation sites (tertiary alicyclic amines) is 1. The zero-order valence-corrected chi connectivity index (χ0v) is 14.4. The Morgan fingerprint density at radius 2 is 2.36 bits per heavy atom. The number of methoxy groups -OCH3 is 1. The van der Waals surface area contributed by atoms with Crippen LogP contribution in [0.4, 0.5) is 0 Å². The summed E-state index contributed by atoms with van der Waals surface area (Å²) >= 11 is 0. The van der Waals surface area contributed by atoms with E-state index < -0.39 is 0 Å². The molecule has 0 aromatic carbocycles. The quantitative estimate of drug-likeness (QED) is 0.821. The topological polar surface area (TPSA) is 97.2 Å². The number of nitriles is 1. The van der Waals surface area contributed by atoms with Crippen molar-refractivity contribution in [3.63, 3.8) is 0 Å². The smallest absolute Gasteiger partial charge is 0.271 e. The zero-order chi connectivity index (χ0) is 17.8. The first-order chi connectivity index (χ1) is 12.1. The van der Waals surface area contributed by atoms with Crippen LogP contribution in [-0.2, 0) is 18.2 Å². The minimum absolute atomic E-state index is 0.120. The Bertz CT molecular complexity index is 789. The summed E-state index contributed by atoms with van der Waals surface area (Å²) in [6, 6.07) is 3.45. The van der Waals surface area contributed by atoms with Crippen molar-refractivity contribution in [3.05, 3.63) is 35.2 Å². The summed E-state index contributed by atoms with van der Waals surface area (Å²) in [7, 11) is 3.39. The molecule has 0 bridgehead atoms. The maximum atomic E-state index is 13.0. The third kappa shape index (κ3) is 3.56. The van der Waals surface area contributed by atoms with Crippen molar-refractivity contribution >= 4 is 5.91 Å². The number of ether oxygens (including phenoxy) is 1. The summed E-state index contributed by atoms with van der Waals surface area (Å²) in [5.74, 6) is 0.930. The third-order valence-corrected chi connectivity index (χ3v) is 4.42. The molecule has 8 heteroatoms. The Balaban J connectivity index is 1.83. The van der Waals surface area contributed by atoms with Gasteiger partial charge in [-0.05, 0) is 25.3 Å². The van der Waals surface area contributed by atoms with E-state index in [2.05, 4.69) is 16.2 Å². The minimum atomic E-state index is -0.231. The molecule has 8 nitrogen and oxygen atoms in total. The van der Waals surface area contributed by atoms with Crippen LogP contribution >= 0.6 is 0 Å². The van der Waals surface area contributed by atoms with Crippen LogP contribution in [-0.4, -0.2) is 45.8 Å². The summed E-state index contributed by atoms with van der Waals surface area (Å²) in [6.07, 6.45) is 4.95. The van der Waals surface area contributed by atoms with Crippen molar-refractivity contribution < 1.29 is 14.1 Å². The van der Waals surface area contributed by atoms with Crippen molar-refractivity contribution in [1.82, 2.24) is 19.6 Å². The molecule has 0 radical (unpaired) electrons. The monoisotopic (exact) mass is 343 g/mol. The number of rotatable bonds is 5. The van der Waals surface area contributed by atoms with Crippen molar-refractivity contribution in [2.45, 2.75) is 31.7 Å². The van der Waals surface area contributed by atoms with Gasteiger partial charge in [0.25, 0.3) is 5.91 Å². The van der Waals surface area contributed by atoms with Gasteiger partial charge in [0.05, 0.1) is 12.2 Å². The number of piperidine rings is 1. The largest absolute Gasteiger partial charge is 0.384 e. The number of hydrogen-bond acceptors (Lipinski definition) is 6. The molecule has 0 spiro atoms. The van der Waals surface area contributed by atoms with E-state index in [0.29, 0.717) is 42.5 Å². The van der Waals surface area contributed by atoms with E-state index in [9.17, 15) is 4.79 Å². The fourth-order valence-corrected chi connectivity index (χ4v) is 3.11. The van der Waals surface area contributed by atoms with Crippen molar-refractivity contribution in [3.8, 4) is 6.07 Å². The van der Waals surface area contributed by atoms with E-state index in [1.807, 2.05) is 0 Å². The second-order valence-corrected chi connectivity index (χ2v) is 6.14. The first kappa shape index (κ1) is 17.2. The maximum absolute atomic E-state index is 13.0. The molecule has 3 rings (SSSR count). The van der Waals surface area contributed by atoms with Gasteiger partial charge in [-0.1, -0.05) is 5.16 Å². The molecule has 1 fully saturated rings. The molecule has 0 saturated carbocycles. The standard InChI is InChI=1S/C17H21N5O3/c1-21-11-12(10-18)9-14(21)17(23)22-7-4-3-5-13(22)16-19-15(20-25-16)6-8-24-2/h9,11,13H,3-8H2,1-2H3. The van der Waals surface area contributed by atoms with Crippen LogP contribution in [0.15, 0.2) is 16.8 Å². The Labute approximate surface area is 146 Å². The summed E-state index contributed by atoms with van der Waals surface area (Å²) in [5.41, 5.74) is 0.960. The minimum Gasteiger partial charge on any atom is -0.384 e. The van der Waals surface area contributed by atoms with Crippen LogP contribution in [0.2, 0.25) is 0 Å². The van der Waals surface area contributed by atoms with Crippen molar-refractivity contribution in [2.24, 2.45) is 7.05 Å². The molecule has 1 unspecified atom stereocenters. The molecule has 2 aromatic heterocycles. The van der Waals surface area contributed by atoms with E-state index in [0.717, 1.165) is 19.3 Å². The second-order valence-electron chi connectivity index (χ2n) is 6.14. The van der Waals surface area contributed by atoms with Gasteiger partial charge in [0.15, 0.2) is 5.82 Å². The highest BCUT2D eigenvalue weighted by molar-refractivity contribution is 5.93. The van der Waals surface area contributed by atoms with Gasteiger partial charge in [-0.25, -0.2) is 0 Å². The van der Waals surface area contributed by atoms with Crippen LogP contribution < -0.4 is 0 Å². The molecule has 0 N–H and O–H groups in total. The summed E-state index contributed by atoms with van der Waals surface area (Å²) in [5, 5.41) is 13.0. The lowest BCUT2D eigenvalue weighted by Crippen LogP contribution is -2.39. The number of aromatic nitrogens is 3. The van der Waals surface area contributed by atoms with Gasteiger partial charge >= 0.3 is 0 Å². The SMILES string of the molecule is COCCc1noc(C2CCCCN2C(=O)c2cc(C#N)cn2C)n1. The summed E-state index contributed by atoms with van der Waals surface area (Å²) < 4.78 is 12.1. The van der Waals surface area contributed by atoms with E-state index in [1.165, 1.54) is 0 Å². The Morgan fingerprint density at radius 3 is 3.08 bits per heavy atom. The first-order valence-electron chi connectivity index (χ1n) is 8.33. The molecule has 3 heterocycles. The number of hydrogen-bond donors (Lipinski definition) is 0. The molecular formula is C17H21N5O3. The molecule has 1 aliphatic heterocycles. The molecule has 0 aliphatic carbocycles. The highest BCUT2D eigenvalue weighted by Crippen LogP contribution is 2.31. The summed E-state index contributed by atoms with van der Waals surface area (Å²) in [6.45, 7) is 1.15. The van der Waals surface area contributed by atoms with Gasteiger partial charge in [-0.2, -0.15) is 10.2 Å². The maximum Gasteiger partial charge on any atom is 0.271 e. The normalized spacial score (nSPS) is 17.5. The van der Waals surface area contributed by atoms with Crippen LogP contribution in [0.3, 0.4) is 0 Å². The average Bonchev–Trinajstić information content (AvgIpc) is 3.25. The first-order valence-corrected chi connectivity index (χ1v) is 8.33. The molecule has 2 aromatic rings. The van der Waals surface area contributed by atoms with Gasteiger partial charge in [0.2, 0.25) is 5.89 Å². The number of carbonyl (C=O) groups is 1. The molecular weight excluding hydrogens is 322 g/mol. The second kappa shape index (κ2) is 7.49. The predicted octanol–water partition coefficient (Wildman–Crippen LogP) is 1.84. The van der Waals surface area contributed by atoms with Crippen LogP contribution in [0.1, 0.15) is 53.1 Å². The van der Waals surface area contributed by atoms with E-state index >= 15 is 0 Å². The van der Waals surface area contributed by atoms with Gasteiger partial charge in [0.1, 0.15) is 17.8 Å². The zero-order valence-electron chi connectivity index (χ0n) is 14.4. The number of nitrogens with zero attached hydrogens (tertiary/aromatic N) is 5. The van der Waals surface area contributed by atoms with Crippen LogP contribution in [0.25, 0.3) is 0 Å². The number of aryl methyl sites for hydroxylation is 1. The van der Waals surface area contributed by atoms with Gasteiger partial charge < -0.3 is 18.7 Å². The highest BCUT2D eigenvalue weighted by atomic mass is 16.5. The fourth-order valence-electron chi connectivity index (χ4n) is 3.11. The molecule has 1 aliphatic rings. The van der Waals surface area contributed by atoms with E-state index in [4.69, 9.17) is 14.5 Å². The molecule has 1 atom stereocenters. The highest BCUT2D eigenvalue weighted by Gasteiger charge is 2.33. The van der Waals surface area contributed by atoms with E-state index in [1.54, 1.807) is 35.9 Å². The Morgan fingerprint density at radius 1 is 1.52 bits per heavy atom. The van der Waals surface area contributed by atoms with Gasteiger partial charge in [-0.15, -0.1) is 0 Å². The molecule has 1 amide bonds. The van der Waals surface area contributed by atoms with Gasteiger partial charge in [-0.3, -0.25) is 4.79 Å². The lowest BCUT2D eigenvalue weighted by atomic mass is 10.0. The molecule has 1 saturated heterocycles. The Kier molecular flexibility index (Phi) is 5.14. The van der Waals surface area contributed by atoms with Gasteiger partial charge in [0, 0.05) is 33.3 Å². The predicted molar refractivity (Wildman–Crippen MR) is 87.6 cm³/mol. The van der Waals surface area contributed by atoms with Crippen molar-refractivity contribution in [2.75, 3.05) is 20.3 Å². The van der Waals surface area contributed by atoms with Crippen LogP contribution in [0.5, 0.6) is 0 Å². The number of carbonyl (C=O) groups excluding carboxylic acids is 1. The molecule has 132 valence electrons. The Hall–Kier alpha value is -2.66. The lowest BCUT2D eigenvalue weighted by Gasteiger charge is -2.33.